The van der Waals surface area contributed by atoms with E-state index in [9.17, 15) is 0 Å². The first-order chi connectivity index (χ1) is 15.3. The summed E-state index contributed by atoms with van der Waals surface area (Å²) in [6.07, 6.45) is 6.31. The highest BCUT2D eigenvalue weighted by molar-refractivity contribution is 6.55. The minimum Gasteiger partial charge on any atom is -0.400 e. The first kappa shape index (κ1) is 19.7. The lowest BCUT2D eigenvalue weighted by atomic mass is 9.72. The van der Waals surface area contributed by atoms with Crippen molar-refractivity contribution in [3.63, 3.8) is 0 Å². The van der Waals surface area contributed by atoms with E-state index in [0.29, 0.717) is 0 Å². The smallest absolute Gasteiger partial charge is 0.400 e. The van der Waals surface area contributed by atoms with Gasteiger partial charge in [0.25, 0.3) is 0 Å². The van der Waals surface area contributed by atoms with Crippen LogP contribution in [0.1, 0.15) is 46.4 Å². The fraction of sp³-hybridized carbons (Fsp3) is 0.308. The van der Waals surface area contributed by atoms with Gasteiger partial charge in [0.05, 0.1) is 27.8 Å². The summed E-state index contributed by atoms with van der Waals surface area (Å²) in [6.45, 7) is 8.39. The fourth-order valence-electron chi connectivity index (χ4n) is 4.60. The fourth-order valence-corrected chi connectivity index (χ4v) is 4.60. The van der Waals surface area contributed by atoms with E-state index in [4.69, 9.17) is 19.3 Å². The molecule has 5 nitrogen and oxygen atoms in total. The third-order valence-corrected chi connectivity index (χ3v) is 7.10. The zero-order chi connectivity index (χ0) is 22.1. The zero-order valence-corrected chi connectivity index (χ0v) is 18.9. The van der Waals surface area contributed by atoms with Gasteiger partial charge >= 0.3 is 7.12 Å². The van der Waals surface area contributed by atoms with E-state index in [1.807, 2.05) is 18.2 Å². The van der Waals surface area contributed by atoms with E-state index in [-0.39, 0.29) is 18.3 Å². The molecular weight excluding hydrogens is 397 g/mol. The molecule has 2 aliphatic rings. The van der Waals surface area contributed by atoms with Crippen LogP contribution in [0.25, 0.3) is 33.2 Å². The van der Waals surface area contributed by atoms with E-state index in [2.05, 4.69) is 74.6 Å². The van der Waals surface area contributed by atoms with Gasteiger partial charge in [-0.1, -0.05) is 36.4 Å². The Morgan fingerprint density at radius 2 is 1.56 bits per heavy atom. The number of hydrogen-bond acceptors (Lipinski definition) is 4. The number of imidazole rings is 1. The molecule has 160 valence electrons. The molecule has 2 aromatic carbocycles. The van der Waals surface area contributed by atoms with E-state index in [0.717, 1.165) is 57.3 Å². The van der Waals surface area contributed by atoms with Gasteiger partial charge in [-0.3, -0.25) is 4.40 Å². The molecule has 32 heavy (non-hydrogen) atoms. The van der Waals surface area contributed by atoms with Crippen molar-refractivity contribution >= 4 is 40.3 Å². The second kappa shape index (κ2) is 6.77. The van der Waals surface area contributed by atoms with Gasteiger partial charge in [0.15, 0.2) is 0 Å². The molecular formula is C26H26BN3O2. The number of aromatic nitrogens is 3. The van der Waals surface area contributed by atoms with Crippen molar-refractivity contribution in [3.05, 3.63) is 72.0 Å². The number of nitrogens with zero attached hydrogens (tertiary/aromatic N) is 3. The number of rotatable bonds is 2. The Kier molecular flexibility index (Phi) is 4.17. The third-order valence-electron chi connectivity index (χ3n) is 7.10. The van der Waals surface area contributed by atoms with Crippen molar-refractivity contribution in [2.45, 2.75) is 51.7 Å². The van der Waals surface area contributed by atoms with Crippen LogP contribution in [0, 0.1) is 0 Å². The van der Waals surface area contributed by atoms with Gasteiger partial charge in [0.1, 0.15) is 11.5 Å². The predicted octanol–water partition coefficient (Wildman–Crippen LogP) is 5.77. The van der Waals surface area contributed by atoms with Gasteiger partial charge in [-0.2, -0.15) is 0 Å². The summed E-state index contributed by atoms with van der Waals surface area (Å²) in [6, 6.07) is 16.5. The molecule has 0 unspecified atom stereocenters. The summed E-state index contributed by atoms with van der Waals surface area (Å²) >= 11 is 0. The number of fused-ring (bicyclic) bond motifs is 5. The lowest BCUT2D eigenvalue weighted by Gasteiger charge is -2.32. The summed E-state index contributed by atoms with van der Waals surface area (Å²) < 4.78 is 14.9. The molecule has 3 heterocycles. The summed E-state index contributed by atoms with van der Waals surface area (Å²) in [5.74, 6) is 0.904. The summed E-state index contributed by atoms with van der Waals surface area (Å²) in [4.78, 5) is 10.1. The molecule has 1 saturated heterocycles. The lowest BCUT2D eigenvalue weighted by molar-refractivity contribution is 0.00578. The second-order valence-corrected chi connectivity index (χ2v) is 9.72. The average molecular weight is 423 g/mol. The van der Waals surface area contributed by atoms with E-state index < -0.39 is 0 Å². The Morgan fingerprint density at radius 3 is 2.34 bits per heavy atom. The van der Waals surface area contributed by atoms with Gasteiger partial charge in [-0.05, 0) is 70.3 Å². The normalized spacial score (nSPS) is 20.2. The van der Waals surface area contributed by atoms with Gasteiger partial charge in [0, 0.05) is 11.0 Å². The summed E-state index contributed by atoms with van der Waals surface area (Å²) in [7, 11) is -0.334. The van der Waals surface area contributed by atoms with Crippen LogP contribution in [0.5, 0.6) is 0 Å². The van der Waals surface area contributed by atoms with E-state index >= 15 is 0 Å². The highest BCUT2D eigenvalue weighted by Crippen LogP contribution is 2.41. The van der Waals surface area contributed by atoms with Crippen LogP contribution in [0.4, 0.5) is 0 Å². The molecule has 0 amide bonds. The van der Waals surface area contributed by atoms with Crippen molar-refractivity contribution in [1.82, 2.24) is 14.4 Å². The SMILES string of the molecule is CC1(C)OB(C2=CC(c3nc4ccccc4c4nc5ccccc5n34)=CCC2)OC1(C)C. The maximum absolute atomic E-state index is 6.34. The van der Waals surface area contributed by atoms with Gasteiger partial charge in [0.2, 0.25) is 0 Å². The Bertz CT molecular complexity index is 1430. The summed E-state index contributed by atoms with van der Waals surface area (Å²) in [5, 5.41) is 1.05. The molecule has 0 bridgehead atoms. The highest BCUT2D eigenvalue weighted by atomic mass is 16.7. The molecule has 0 radical (unpaired) electrons. The Balaban J connectivity index is 1.54. The van der Waals surface area contributed by atoms with Crippen LogP contribution in [0.3, 0.4) is 0 Å². The topological polar surface area (TPSA) is 48.7 Å². The number of benzene rings is 2. The standard InChI is InChI=1S/C26H26BN3O2/c1-25(2)26(3,4)32-27(31-25)18-11-9-10-17(16-18)23-28-20-13-6-5-12-19(20)24-29-21-14-7-8-15-22(21)30(23)24/h5-8,10,12-16H,9,11H2,1-4H3. The minimum atomic E-state index is -0.352. The zero-order valence-electron chi connectivity index (χ0n) is 18.9. The molecule has 0 saturated carbocycles. The minimum absolute atomic E-state index is 0.334. The molecule has 1 aliphatic heterocycles. The van der Waals surface area contributed by atoms with Crippen LogP contribution in [0.15, 0.2) is 66.2 Å². The quantitative estimate of drug-likeness (QED) is 0.384. The first-order valence-corrected chi connectivity index (χ1v) is 11.3. The molecule has 0 atom stereocenters. The molecule has 2 aromatic heterocycles. The van der Waals surface area contributed by atoms with Crippen LogP contribution in [-0.2, 0) is 9.31 Å². The van der Waals surface area contributed by atoms with Crippen LogP contribution < -0.4 is 0 Å². The molecule has 6 heteroatoms. The molecule has 0 spiro atoms. The molecule has 1 aliphatic carbocycles. The van der Waals surface area contributed by atoms with Crippen molar-refractivity contribution in [1.29, 1.82) is 0 Å². The maximum Gasteiger partial charge on any atom is 0.490 e. The molecule has 4 aromatic rings. The largest absolute Gasteiger partial charge is 0.490 e. The van der Waals surface area contributed by atoms with Gasteiger partial charge in [-0.25, -0.2) is 9.97 Å². The van der Waals surface area contributed by atoms with Crippen molar-refractivity contribution in [2.75, 3.05) is 0 Å². The summed E-state index contributed by atoms with van der Waals surface area (Å²) in [5.41, 5.74) is 5.45. The van der Waals surface area contributed by atoms with Gasteiger partial charge < -0.3 is 9.31 Å². The molecule has 1 fully saturated rings. The Hall–Kier alpha value is -2.96. The predicted molar refractivity (Wildman–Crippen MR) is 129 cm³/mol. The first-order valence-electron chi connectivity index (χ1n) is 11.3. The number of hydrogen-bond donors (Lipinski definition) is 0. The van der Waals surface area contributed by atoms with Gasteiger partial charge in [-0.15, -0.1) is 0 Å². The molecule has 6 rings (SSSR count). The van der Waals surface area contributed by atoms with E-state index in [1.165, 1.54) is 0 Å². The average Bonchev–Trinajstić information content (AvgIpc) is 3.27. The second-order valence-electron chi connectivity index (χ2n) is 9.72. The van der Waals surface area contributed by atoms with Crippen molar-refractivity contribution in [3.8, 4) is 0 Å². The highest BCUT2D eigenvalue weighted by Gasteiger charge is 2.52. The Labute approximate surface area is 187 Å². The van der Waals surface area contributed by atoms with Crippen LogP contribution in [-0.4, -0.2) is 32.7 Å². The van der Waals surface area contributed by atoms with Crippen molar-refractivity contribution in [2.24, 2.45) is 0 Å². The van der Waals surface area contributed by atoms with Crippen LogP contribution in [0.2, 0.25) is 0 Å². The van der Waals surface area contributed by atoms with Crippen LogP contribution >= 0.6 is 0 Å². The Morgan fingerprint density at radius 1 is 0.875 bits per heavy atom. The third kappa shape index (κ3) is 2.86. The lowest BCUT2D eigenvalue weighted by Crippen LogP contribution is -2.41. The molecule has 0 N–H and O–H groups in total. The van der Waals surface area contributed by atoms with Crippen molar-refractivity contribution < 1.29 is 9.31 Å². The number of para-hydroxylation sites is 3. The monoisotopic (exact) mass is 423 g/mol. The number of allylic oxidation sites excluding steroid dienone is 4. The van der Waals surface area contributed by atoms with E-state index in [1.54, 1.807) is 0 Å². The maximum atomic E-state index is 6.34.